The molecule has 0 bridgehead atoms. The van der Waals surface area contributed by atoms with Crippen molar-refractivity contribution < 1.29 is 4.39 Å². The van der Waals surface area contributed by atoms with Crippen LogP contribution in [0.5, 0.6) is 0 Å². The molecule has 3 N–H and O–H groups in total. The van der Waals surface area contributed by atoms with Gasteiger partial charge in [0.15, 0.2) is 0 Å². The van der Waals surface area contributed by atoms with E-state index in [2.05, 4.69) is 27.9 Å². The Morgan fingerprint density at radius 3 is 2.56 bits per heavy atom. The SMILES string of the molecule is NC(=S)c1cc(F)ccc1Nc1ccccc1I. The zero-order chi connectivity index (χ0) is 13.1. The normalized spacial score (nSPS) is 10.1. The second-order valence-electron chi connectivity index (χ2n) is 3.66. The number of hydrogen-bond donors (Lipinski definition) is 2. The van der Waals surface area contributed by atoms with E-state index in [-0.39, 0.29) is 10.8 Å². The van der Waals surface area contributed by atoms with Gasteiger partial charge in [-0.15, -0.1) is 0 Å². The third-order valence-electron chi connectivity index (χ3n) is 2.39. The Hall–Kier alpha value is -1.21. The Labute approximate surface area is 124 Å². The predicted molar refractivity (Wildman–Crippen MR) is 84.7 cm³/mol. The van der Waals surface area contributed by atoms with Gasteiger partial charge in [-0.25, -0.2) is 4.39 Å². The van der Waals surface area contributed by atoms with Gasteiger partial charge in [-0.1, -0.05) is 24.4 Å². The zero-order valence-electron chi connectivity index (χ0n) is 9.28. The third-order valence-corrected chi connectivity index (χ3v) is 3.55. The molecule has 0 amide bonds. The fourth-order valence-electron chi connectivity index (χ4n) is 1.54. The van der Waals surface area contributed by atoms with Crippen LogP contribution in [0.1, 0.15) is 5.56 Å². The molecule has 0 fully saturated rings. The average Bonchev–Trinajstić information content (AvgIpc) is 2.34. The number of thiocarbonyl (C=S) groups is 1. The molecule has 0 aliphatic heterocycles. The number of benzene rings is 2. The van der Waals surface area contributed by atoms with Crippen LogP contribution in [0.15, 0.2) is 42.5 Å². The second kappa shape index (κ2) is 5.62. The van der Waals surface area contributed by atoms with Crippen molar-refractivity contribution in [1.82, 2.24) is 0 Å². The third kappa shape index (κ3) is 2.97. The Morgan fingerprint density at radius 1 is 1.17 bits per heavy atom. The molecule has 92 valence electrons. The molecule has 0 aromatic heterocycles. The van der Waals surface area contributed by atoms with E-state index in [1.807, 2.05) is 24.3 Å². The smallest absolute Gasteiger partial charge is 0.124 e. The van der Waals surface area contributed by atoms with E-state index in [1.165, 1.54) is 12.1 Å². The zero-order valence-corrected chi connectivity index (χ0v) is 12.3. The van der Waals surface area contributed by atoms with Crippen molar-refractivity contribution in [2.45, 2.75) is 0 Å². The molecule has 5 heteroatoms. The molecule has 0 saturated carbocycles. The van der Waals surface area contributed by atoms with Crippen molar-refractivity contribution in [1.29, 1.82) is 0 Å². The van der Waals surface area contributed by atoms with Crippen molar-refractivity contribution in [2.75, 3.05) is 5.32 Å². The fourth-order valence-corrected chi connectivity index (χ4v) is 2.23. The predicted octanol–water partition coefficient (Wildman–Crippen LogP) is 3.81. The average molecular weight is 372 g/mol. The molecule has 0 aliphatic rings. The highest BCUT2D eigenvalue weighted by Crippen LogP contribution is 2.25. The summed E-state index contributed by atoms with van der Waals surface area (Å²) < 4.78 is 14.2. The van der Waals surface area contributed by atoms with Crippen LogP contribution < -0.4 is 11.1 Å². The number of para-hydroxylation sites is 1. The van der Waals surface area contributed by atoms with E-state index in [0.717, 1.165) is 9.26 Å². The number of rotatable bonds is 3. The minimum Gasteiger partial charge on any atom is -0.389 e. The van der Waals surface area contributed by atoms with Crippen molar-refractivity contribution in [2.24, 2.45) is 5.73 Å². The maximum absolute atomic E-state index is 13.2. The lowest BCUT2D eigenvalue weighted by Crippen LogP contribution is -2.12. The van der Waals surface area contributed by atoms with E-state index in [9.17, 15) is 4.39 Å². The fraction of sp³-hybridized carbons (Fsp3) is 0. The van der Waals surface area contributed by atoms with Crippen LogP contribution in [0, 0.1) is 9.39 Å². The number of nitrogens with two attached hydrogens (primary N) is 1. The molecule has 0 aliphatic carbocycles. The molecule has 0 heterocycles. The van der Waals surface area contributed by atoms with Crippen LogP contribution in [0.2, 0.25) is 0 Å². The van der Waals surface area contributed by atoms with Crippen LogP contribution in [0.3, 0.4) is 0 Å². The van der Waals surface area contributed by atoms with Gasteiger partial charge >= 0.3 is 0 Å². The van der Waals surface area contributed by atoms with Gasteiger partial charge < -0.3 is 11.1 Å². The summed E-state index contributed by atoms with van der Waals surface area (Å²) in [5.74, 6) is -0.355. The van der Waals surface area contributed by atoms with Gasteiger partial charge in [0, 0.05) is 14.8 Å². The molecule has 0 radical (unpaired) electrons. The lowest BCUT2D eigenvalue weighted by Gasteiger charge is -2.12. The Kier molecular flexibility index (Phi) is 4.13. The first-order chi connectivity index (χ1) is 8.58. The Morgan fingerprint density at radius 2 is 1.89 bits per heavy atom. The maximum atomic E-state index is 13.2. The minimum atomic E-state index is -0.355. The Bertz CT molecular complexity index is 601. The first-order valence-corrected chi connectivity index (χ1v) is 6.67. The summed E-state index contributed by atoms with van der Waals surface area (Å²) in [5.41, 5.74) is 7.74. The summed E-state index contributed by atoms with van der Waals surface area (Å²) in [7, 11) is 0. The molecule has 0 atom stereocenters. The molecular weight excluding hydrogens is 362 g/mol. The molecule has 2 aromatic rings. The van der Waals surface area contributed by atoms with Gasteiger partial charge in [-0.05, 0) is 52.9 Å². The summed E-state index contributed by atoms with van der Waals surface area (Å²) >= 11 is 7.15. The molecule has 2 rings (SSSR count). The van der Waals surface area contributed by atoms with E-state index < -0.39 is 0 Å². The molecule has 18 heavy (non-hydrogen) atoms. The van der Waals surface area contributed by atoms with Crippen molar-refractivity contribution in [3.05, 3.63) is 57.4 Å². The second-order valence-corrected chi connectivity index (χ2v) is 5.26. The highest BCUT2D eigenvalue weighted by molar-refractivity contribution is 14.1. The van der Waals surface area contributed by atoms with Gasteiger partial charge in [0.2, 0.25) is 0 Å². The standard InChI is InChI=1S/C13H10FIN2S/c14-8-5-6-11(9(7-8)13(16)18)17-12-4-2-1-3-10(12)15/h1-7,17H,(H2,16,18). The topological polar surface area (TPSA) is 38.0 Å². The summed E-state index contributed by atoms with van der Waals surface area (Å²) in [4.78, 5) is 0.169. The van der Waals surface area contributed by atoms with E-state index in [0.29, 0.717) is 11.3 Å². The molecule has 0 saturated heterocycles. The van der Waals surface area contributed by atoms with Crippen molar-refractivity contribution >= 4 is 51.2 Å². The largest absolute Gasteiger partial charge is 0.389 e. The van der Waals surface area contributed by atoms with Gasteiger partial charge in [0.1, 0.15) is 10.8 Å². The van der Waals surface area contributed by atoms with E-state index in [4.69, 9.17) is 18.0 Å². The summed E-state index contributed by atoms with van der Waals surface area (Å²) in [6.07, 6.45) is 0. The molecule has 2 aromatic carbocycles. The first-order valence-electron chi connectivity index (χ1n) is 5.19. The number of hydrogen-bond acceptors (Lipinski definition) is 2. The van der Waals surface area contributed by atoms with E-state index >= 15 is 0 Å². The molecule has 2 nitrogen and oxygen atoms in total. The quantitative estimate of drug-likeness (QED) is 0.636. The molecule has 0 spiro atoms. The van der Waals surface area contributed by atoms with Crippen molar-refractivity contribution in [3.63, 3.8) is 0 Å². The van der Waals surface area contributed by atoms with Crippen LogP contribution in [-0.4, -0.2) is 4.99 Å². The summed E-state index contributed by atoms with van der Waals surface area (Å²) in [5, 5.41) is 3.21. The number of halogens is 2. The van der Waals surface area contributed by atoms with Crippen LogP contribution >= 0.6 is 34.8 Å². The maximum Gasteiger partial charge on any atom is 0.124 e. The molecular formula is C13H10FIN2S. The Balaban J connectivity index is 2.41. The first kappa shape index (κ1) is 13.2. The van der Waals surface area contributed by atoms with Gasteiger partial charge in [-0.3, -0.25) is 0 Å². The van der Waals surface area contributed by atoms with Crippen LogP contribution in [0.25, 0.3) is 0 Å². The van der Waals surface area contributed by atoms with Gasteiger partial charge in [0.25, 0.3) is 0 Å². The summed E-state index contributed by atoms with van der Waals surface area (Å²) in [6, 6.07) is 12.1. The highest BCUT2D eigenvalue weighted by atomic mass is 127. The monoisotopic (exact) mass is 372 g/mol. The van der Waals surface area contributed by atoms with Gasteiger partial charge in [-0.2, -0.15) is 0 Å². The number of anilines is 2. The van der Waals surface area contributed by atoms with Crippen LogP contribution in [-0.2, 0) is 0 Å². The highest BCUT2D eigenvalue weighted by Gasteiger charge is 2.08. The van der Waals surface area contributed by atoms with E-state index in [1.54, 1.807) is 6.07 Å². The van der Waals surface area contributed by atoms with Crippen LogP contribution in [0.4, 0.5) is 15.8 Å². The lowest BCUT2D eigenvalue weighted by molar-refractivity contribution is 0.628. The molecule has 0 unspecified atom stereocenters. The number of nitrogens with one attached hydrogen (secondary N) is 1. The van der Waals surface area contributed by atoms with Crippen molar-refractivity contribution in [3.8, 4) is 0 Å². The lowest BCUT2D eigenvalue weighted by atomic mass is 10.1. The minimum absolute atomic E-state index is 0.169. The van der Waals surface area contributed by atoms with Gasteiger partial charge in [0.05, 0.1) is 5.69 Å². The summed E-state index contributed by atoms with van der Waals surface area (Å²) in [6.45, 7) is 0.